The second-order valence-corrected chi connectivity index (χ2v) is 7.20. The standard InChI is InChI=1S/C21H32O3/c1-2-3-4-6-17-8-10-18(11-9-17)7-5-16-24-20-14-12-19(13-15-20)21(22)23/h12-15,17-18H,2-11,16H2,1H3,(H,22,23)/t17-,18-. The van der Waals surface area contributed by atoms with E-state index in [9.17, 15) is 4.79 Å². The van der Waals surface area contributed by atoms with Crippen LogP contribution in [0.4, 0.5) is 0 Å². The summed E-state index contributed by atoms with van der Waals surface area (Å²) in [5.41, 5.74) is 0.304. The lowest BCUT2D eigenvalue weighted by molar-refractivity contribution is 0.0697. The zero-order valence-electron chi connectivity index (χ0n) is 15.0. The normalized spacial score (nSPS) is 20.7. The lowest BCUT2D eigenvalue weighted by Gasteiger charge is -2.28. The summed E-state index contributed by atoms with van der Waals surface area (Å²) in [4.78, 5) is 10.8. The van der Waals surface area contributed by atoms with Gasteiger partial charge in [-0.2, -0.15) is 0 Å². The summed E-state index contributed by atoms with van der Waals surface area (Å²) in [7, 11) is 0. The third kappa shape index (κ3) is 6.54. The van der Waals surface area contributed by atoms with E-state index in [1.807, 2.05) is 0 Å². The molecule has 0 aromatic heterocycles. The van der Waals surface area contributed by atoms with Crippen molar-refractivity contribution in [3.63, 3.8) is 0 Å². The SMILES string of the molecule is CCCCC[C@H]1CC[C@H](CCCOc2ccc(C(=O)O)cc2)CC1. The van der Waals surface area contributed by atoms with E-state index in [0.717, 1.165) is 30.6 Å². The average Bonchev–Trinajstić information content (AvgIpc) is 2.60. The number of ether oxygens (including phenoxy) is 1. The topological polar surface area (TPSA) is 46.5 Å². The van der Waals surface area contributed by atoms with Crippen LogP contribution in [0.15, 0.2) is 24.3 Å². The summed E-state index contributed by atoms with van der Waals surface area (Å²) in [6.45, 7) is 3.00. The number of rotatable bonds is 10. The zero-order chi connectivity index (χ0) is 17.2. The fourth-order valence-corrected chi connectivity index (χ4v) is 3.75. The number of aromatic carboxylic acids is 1. The molecule has 1 aliphatic carbocycles. The van der Waals surface area contributed by atoms with Gasteiger partial charge in [-0.3, -0.25) is 0 Å². The Hall–Kier alpha value is -1.51. The summed E-state index contributed by atoms with van der Waals surface area (Å²) < 4.78 is 5.73. The van der Waals surface area contributed by atoms with Gasteiger partial charge in [0.05, 0.1) is 12.2 Å². The number of benzene rings is 1. The highest BCUT2D eigenvalue weighted by molar-refractivity contribution is 5.87. The molecule has 0 atom stereocenters. The fraction of sp³-hybridized carbons (Fsp3) is 0.667. The molecule has 1 fully saturated rings. The van der Waals surface area contributed by atoms with Crippen LogP contribution in [-0.2, 0) is 0 Å². The van der Waals surface area contributed by atoms with Crippen LogP contribution >= 0.6 is 0 Å². The van der Waals surface area contributed by atoms with Crippen molar-refractivity contribution in [1.82, 2.24) is 0 Å². The van der Waals surface area contributed by atoms with Crippen LogP contribution < -0.4 is 4.74 Å². The van der Waals surface area contributed by atoms with Gasteiger partial charge in [-0.05, 0) is 48.9 Å². The monoisotopic (exact) mass is 332 g/mol. The van der Waals surface area contributed by atoms with Crippen LogP contribution in [0.25, 0.3) is 0 Å². The molecule has 1 saturated carbocycles. The Morgan fingerprint density at radius 2 is 1.58 bits per heavy atom. The van der Waals surface area contributed by atoms with Crippen LogP contribution in [0, 0.1) is 11.8 Å². The van der Waals surface area contributed by atoms with Crippen molar-refractivity contribution in [3.8, 4) is 5.75 Å². The van der Waals surface area contributed by atoms with Gasteiger partial charge in [0.15, 0.2) is 0 Å². The van der Waals surface area contributed by atoms with Crippen LogP contribution in [0.5, 0.6) is 5.75 Å². The van der Waals surface area contributed by atoms with E-state index in [1.165, 1.54) is 57.8 Å². The second kappa shape index (κ2) is 10.4. The maximum atomic E-state index is 10.8. The Kier molecular flexibility index (Phi) is 8.14. The van der Waals surface area contributed by atoms with Gasteiger partial charge in [-0.15, -0.1) is 0 Å². The predicted molar refractivity (Wildman–Crippen MR) is 97.7 cm³/mol. The predicted octanol–water partition coefficient (Wildman–Crippen LogP) is 5.93. The van der Waals surface area contributed by atoms with E-state index in [-0.39, 0.29) is 0 Å². The molecule has 0 unspecified atom stereocenters. The molecule has 3 heteroatoms. The number of carboxylic acids is 1. The van der Waals surface area contributed by atoms with Gasteiger partial charge >= 0.3 is 5.97 Å². The van der Waals surface area contributed by atoms with Crippen LogP contribution in [-0.4, -0.2) is 17.7 Å². The van der Waals surface area contributed by atoms with Crippen LogP contribution in [0.2, 0.25) is 0 Å². The molecule has 0 heterocycles. The fourth-order valence-electron chi connectivity index (χ4n) is 3.75. The summed E-state index contributed by atoms with van der Waals surface area (Å²) >= 11 is 0. The summed E-state index contributed by atoms with van der Waals surface area (Å²) in [6, 6.07) is 6.67. The van der Waals surface area contributed by atoms with E-state index in [0.29, 0.717) is 5.56 Å². The van der Waals surface area contributed by atoms with E-state index in [4.69, 9.17) is 9.84 Å². The van der Waals surface area contributed by atoms with Crippen LogP contribution in [0.1, 0.15) is 81.5 Å². The van der Waals surface area contributed by atoms with Crippen molar-refractivity contribution in [1.29, 1.82) is 0 Å². The summed E-state index contributed by atoms with van der Waals surface area (Å²) in [5, 5.41) is 8.87. The van der Waals surface area contributed by atoms with Crippen molar-refractivity contribution in [3.05, 3.63) is 29.8 Å². The lowest BCUT2D eigenvalue weighted by atomic mass is 9.78. The highest BCUT2D eigenvalue weighted by atomic mass is 16.5. The molecule has 2 rings (SSSR count). The highest BCUT2D eigenvalue weighted by Gasteiger charge is 2.20. The van der Waals surface area contributed by atoms with Crippen LogP contribution in [0.3, 0.4) is 0 Å². The van der Waals surface area contributed by atoms with Crippen molar-refractivity contribution < 1.29 is 14.6 Å². The average molecular weight is 332 g/mol. The van der Waals surface area contributed by atoms with E-state index in [2.05, 4.69) is 6.92 Å². The molecule has 3 nitrogen and oxygen atoms in total. The minimum Gasteiger partial charge on any atom is -0.494 e. The molecule has 1 N–H and O–H groups in total. The number of unbranched alkanes of at least 4 members (excludes halogenated alkanes) is 2. The Morgan fingerprint density at radius 1 is 1.00 bits per heavy atom. The molecule has 134 valence electrons. The second-order valence-electron chi connectivity index (χ2n) is 7.20. The third-order valence-electron chi connectivity index (χ3n) is 5.31. The molecular weight excluding hydrogens is 300 g/mol. The zero-order valence-corrected chi connectivity index (χ0v) is 15.0. The van der Waals surface area contributed by atoms with Gasteiger partial charge in [0, 0.05) is 0 Å². The Balaban J connectivity index is 1.56. The molecule has 0 bridgehead atoms. The maximum absolute atomic E-state index is 10.8. The smallest absolute Gasteiger partial charge is 0.335 e. The van der Waals surface area contributed by atoms with E-state index >= 15 is 0 Å². The molecule has 0 aliphatic heterocycles. The molecule has 1 aliphatic rings. The van der Waals surface area contributed by atoms with Gasteiger partial charge in [0.2, 0.25) is 0 Å². The first-order chi connectivity index (χ1) is 11.7. The first kappa shape index (κ1) is 18.8. The minimum atomic E-state index is -0.896. The quantitative estimate of drug-likeness (QED) is 0.540. The van der Waals surface area contributed by atoms with Gasteiger partial charge in [0.25, 0.3) is 0 Å². The molecule has 1 aromatic rings. The Morgan fingerprint density at radius 3 is 2.12 bits per heavy atom. The van der Waals surface area contributed by atoms with Gasteiger partial charge in [0.1, 0.15) is 5.75 Å². The first-order valence-electron chi connectivity index (χ1n) is 9.65. The largest absolute Gasteiger partial charge is 0.494 e. The van der Waals surface area contributed by atoms with E-state index < -0.39 is 5.97 Å². The van der Waals surface area contributed by atoms with Crippen molar-refractivity contribution in [2.75, 3.05) is 6.61 Å². The van der Waals surface area contributed by atoms with Crippen molar-refractivity contribution in [2.24, 2.45) is 11.8 Å². The first-order valence-corrected chi connectivity index (χ1v) is 9.65. The van der Waals surface area contributed by atoms with Gasteiger partial charge in [-0.1, -0.05) is 58.3 Å². The molecule has 0 saturated heterocycles. The lowest BCUT2D eigenvalue weighted by Crippen LogP contribution is -2.15. The maximum Gasteiger partial charge on any atom is 0.335 e. The summed E-state index contributed by atoms with van der Waals surface area (Å²) in [6.07, 6.45) is 13.6. The molecule has 24 heavy (non-hydrogen) atoms. The van der Waals surface area contributed by atoms with Gasteiger partial charge < -0.3 is 9.84 Å². The number of carboxylic acid groups (broad SMARTS) is 1. The Labute approximate surface area is 146 Å². The summed E-state index contributed by atoms with van der Waals surface area (Å²) in [5.74, 6) is 1.73. The molecular formula is C21H32O3. The van der Waals surface area contributed by atoms with Crippen molar-refractivity contribution >= 4 is 5.97 Å². The third-order valence-corrected chi connectivity index (χ3v) is 5.31. The van der Waals surface area contributed by atoms with E-state index in [1.54, 1.807) is 24.3 Å². The molecule has 0 amide bonds. The molecule has 1 aromatic carbocycles. The number of hydrogen-bond acceptors (Lipinski definition) is 2. The van der Waals surface area contributed by atoms with Crippen molar-refractivity contribution in [2.45, 2.75) is 71.1 Å². The Bertz CT molecular complexity index is 472. The highest BCUT2D eigenvalue weighted by Crippen LogP contribution is 2.34. The minimum absolute atomic E-state index is 0.304. The van der Waals surface area contributed by atoms with Gasteiger partial charge in [-0.25, -0.2) is 4.79 Å². The molecule has 0 radical (unpaired) electrons. The number of hydrogen-bond donors (Lipinski definition) is 1. The number of carbonyl (C=O) groups is 1. The molecule has 0 spiro atoms.